The molecule has 0 amide bonds. The number of aliphatic hydroxyl groups is 1. The van der Waals surface area contributed by atoms with Gasteiger partial charge in [0.1, 0.15) is 11.2 Å². The first kappa shape index (κ1) is 17.9. The van der Waals surface area contributed by atoms with Crippen molar-refractivity contribution in [3.05, 3.63) is 75.9 Å². The predicted molar refractivity (Wildman–Crippen MR) is 105 cm³/mol. The van der Waals surface area contributed by atoms with Crippen molar-refractivity contribution in [1.82, 2.24) is 9.88 Å². The number of likely N-dealkylation sites (tertiary alicyclic amines) is 1. The molecule has 2 aromatic heterocycles. The molecule has 0 saturated carbocycles. The number of hydrogen-bond acceptors (Lipinski definition) is 5. The SMILES string of the molecule is CCc1ccc2oc(=O)cc(CN3CCC(O)(c4ccccn4)CC3)c2c1. The molecule has 4 rings (SSSR count). The van der Waals surface area contributed by atoms with Gasteiger partial charge in [-0.25, -0.2) is 4.79 Å². The maximum Gasteiger partial charge on any atom is 0.336 e. The minimum Gasteiger partial charge on any atom is -0.423 e. The average molecular weight is 364 g/mol. The summed E-state index contributed by atoms with van der Waals surface area (Å²) in [5.41, 5.74) is 2.40. The number of piperidine rings is 1. The van der Waals surface area contributed by atoms with Crippen molar-refractivity contribution >= 4 is 11.0 Å². The van der Waals surface area contributed by atoms with Crippen LogP contribution in [-0.4, -0.2) is 28.1 Å². The van der Waals surface area contributed by atoms with Gasteiger partial charge in [-0.3, -0.25) is 9.88 Å². The average Bonchev–Trinajstić information content (AvgIpc) is 2.70. The quantitative estimate of drug-likeness (QED) is 0.720. The van der Waals surface area contributed by atoms with Gasteiger partial charge < -0.3 is 9.52 Å². The standard InChI is InChI=1S/C22H24N2O3/c1-2-16-6-7-19-18(13-16)17(14-21(25)27-19)15-24-11-8-22(26,9-12-24)20-5-3-4-10-23-20/h3-7,10,13-14,26H,2,8-9,11-12,15H2,1H3. The van der Waals surface area contributed by atoms with Gasteiger partial charge in [0.15, 0.2) is 0 Å². The van der Waals surface area contributed by atoms with Crippen LogP contribution in [0.5, 0.6) is 0 Å². The molecule has 5 heteroatoms. The molecule has 3 aromatic rings. The van der Waals surface area contributed by atoms with Gasteiger partial charge >= 0.3 is 5.63 Å². The van der Waals surface area contributed by atoms with E-state index in [-0.39, 0.29) is 5.63 Å². The summed E-state index contributed by atoms with van der Waals surface area (Å²) in [6.45, 7) is 4.29. The zero-order chi connectivity index (χ0) is 18.9. The van der Waals surface area contributed by atoms with Crippen LogP contribution in [-0.2, 0) is 18.6 Å². The summed E-state index contributed by atoms with van der Waals surface area (Å²) in [7, 11) is 0. The number of fused-ring (bicyclic) bond motifs is 1. The summed E-state index contributed by atoms with van der Waals surface area (Å²) in [6.07, 6.45) is 3.92. The van der Waals surface area contributed by atoms with Gasteiger partial charge in [-0.05, 0) is 54.7 Å². The Morgan fingerprint density at radius 3 is 2.70 bits per heavy atom. The molecule has 1 aromatic carbocycles. The number of rotatable bonds is 4. The van der Waals surface area contributed by atoms with Crippen LogP contribution in [0.2, 0.25) is 0 Å². The topological polar surface area (TPSA) is 66.6 Å². The monoisotopic (exact) mass is 364 g/mol. The highest BCUT2D eigenvalue weighted by atomic mass is 16.4. The smallest absolute Gasteiger partial charge is 0.336 e. The van der Waals surface area contributed by atoms with Crippen molar-refractivity contribution in [2.24, 2.45) is 0 Å². The van der Waals surface area contributed by atoms with E-state index in [0.717, 1.165) is 36.2 Å². The highest BCUT2D eigenvalue weighted by Gasteiger charge is 2.35. The van der Waals surface area contributed by atoms with Gasteiger partial charge in [-0.1, -0.05) is 19.1 Å². The summed E-state index contributed by atoms with van der Waals surface area (Å²) >= 11 is 0. The lowest BCUT2D eigenvalue weighted by atomic mass is 9.87. The van der Waals surface area contributed by atoms with E-state index in [0.29, 0.717) is 25.0 Å². The summed E-state index contributed by atoms with van der Waals surface area (Å²) in [5, 5.41) is 12.0. The fourth-order valence-corrected chi connectivity index (χ4v) is 3.84. The van der Waals surface area contributed by atoms with Crippen LogP contribution in [0.4, 0.5) is 0 Å². The van der Waals surface area contributed by atoms with Crippen LogP contribution in [0.15, 0.2) is 57.9 Å². The first-order valence-electron chi connectivity index (χ1n) is 9.49. The van der Waals surface area contributed by atoms with Gasteiger partial charge in [-0.15, -0.1) is 0 Å². The van der Waals surface area contributed by atoms with E-state index in [2.05, 4.69) is 22.9 Å². The summed E-state index contributed by atoms with van der Waals surface area (Å²) in [4.78, 5) is 18.6. The fraction of sp³-hybridized carbons (Fsp3) is 0.364. The number of benzene rings is 1. The third-order valence-corrected chi connectivity index (χ3v) is 5.52. The lowest BCUT2D eigenvalue weighted by molar-refractivity contribution is -0.0310. The molecular weight excluding hydrogens is 340 g/mol. The van der Waals surface area contributed by atoms with Crippen molar-refractivity contribution in [3.63, 3.8) is 0 Å². The van der Waals surface area contributed by atoms with Gasteiger partial charge in [0.25, 0.3) is 0 Å². The third-order valence-electron chi connectivity index (χ3n) is 5.52. The minimum atomic E-state index is -0.870. The summed E-state index contributed by atoms with van der Waals surface area (Å²) in [5.74, 6) is 0. The second-order valence-electron chi connectivity index (χ2n) is 7.30. The highest BCUT2D eigenvalue weighted by Crippen LogP contribution is 2.32. The van der Waals surface area contributed by atoms with Gasteiger partial charge in [0, 0.05) is 37.3 Å². The molecule has 0 unspecified atom stereocenters. The fourth-order valence-electron chi connectivity index (χ4n) is 3.84. The molecule has 0 bridgehead atoms. The largest absolute Gasteiger partial charge is 0.423 e. The Bertz CT molecular complexity index is 989. The van der Waals surface area contributed by atoms with Gasteiger partial charge in [0.2, 0.25) is 0 Å². The van der Waals surface area contributed by atoms with E-state index < -0.39 is 5.60 Å². The van der Waals surface area contributed by atoms with Crippen LogP contribution >= 0.6 is 0 Å². The molecule has 140 valence electrons. The molecule has 1 N–H and O–H groups in total. The van der Waals surface area contributed by atoms with Crippen LogP contribution in [0.1, 0.15) is 36.6 Å². The first-order valence-corrected chi connectivity index (χ1v) is 9.49. The zero-order valence-corrected chi connectivity index (χ0v) is 15.5. The zero-order valence-electron chi connectivity index (χ0n) is 15.5. The van der Waals surface area contributed by atoms with Gasteiger partial charge in [-0.2, -0.15) is 0 Å². The second-order valence-corrected chi connectivity index (χ2v) is 7.30. The van der Waals surface area contributed by atoms with E-state index in [1.807, 2.05) is 30.3 Å². The maximum absolute atomic E-state index is 12.0. The van der Waals surface area contributed by atoms with Crippen molar-refractivity contribution in [2.45, 2.75) is 38.3 Å². The molecule has 1 aliphatic heterocycles. The molecule has 5 nitrogen and oxygen atoms in total. The highest BCUT2D eigenvalue weighted by molar-refractivity contribution is 5.80. The van der Waals surface area contributed by atoms with Crippen LogP contribution in [0, 0.1) is 0 Å². The number of pyridine rings is 1. The molecular formula is C22H24N2O3. The molecule has 0 radical (unpaired) electrons. The Morgan fingerprint density at radius 2 is 2.00 bits per heavy atom. The molecule has 0 spiro atoms. The molecule has 0 aliphatic carbocycles. The Kier molecular flexibility index (Phi) is 4.81. The van der Waals surface area contributed by atoms with E-state index >= 15 is 0 Å². The molecule has 1 saturated heterocycles. The van der Waals surface area contributed by atoms with Crippen molar-refractivity contribution in [3.8, 4) is 0 Å². The van der Waals surface area contributed by atoms with E-state index in [1.54, 1.807) is 12.3 Å². The lowest BCUT2D eigenvalue weighted by Crippen LogP contribution is -2.42. The van der Waals surface area contributed by atoms with Crippen LogP contribution in [0.25, 0.3) is 11.0 Å². The van der Waals surface area contributed by atoms with Crippen LogP contribution in [0.3, 0.4) is 0 Å². The Morgan fingerprint density at radius 1 is 1.19 bits per heavy atom. The molecule has 1 fully saturated rings. The molecule has 0 atom stereocenters. The van der Waals surface area contributed by atoms with Crippen molar-refractivity contribution in [2.75, 3.05) is 13.1 Å². The van der Waals surface area contributed by atoms with Crippen LogP contribution < -0.4 is 5.63 Å². The maximum atomic E-state index is 12.0. The van der Waals surface area contributed by atoms with Crippen molar-refractivity contribution < 1.29 is 9.52 Å². The van der Waals surface area contributed by atoms with E-state index in [4.69, 9.17) is 4.42 Å². The number of aromatic nitrogens is 1. The predicted octanol–water partition coefficient (Wildman–Crippen LogP) is 3.23. The Labute approximate surface area is 158 Å². The number of hydrogen-bond donors (Lipinski definition) is 1. The van der Waals surface area contributed by atoms with Gasteiger partial charge in [0.05, 0.1) is 5.69 Å². The normalized spacial score (nSPS) is 17.3. The summed E-state index contributed by atoms with van der Waals surface area (Å²) in [6, 6.07) is 13.3. The number of nitrogens with zero attached hydrogens (tertiary/aromatic N) is 2. The molecule has 3 heterocycles. The minimum absolute atomic E-state index is 0.316. The van der Waals surface area contributed by atoms with Crippen molar-refractivity contribution in [1.29, 1.82) is 0 Å². The second kappa shape index (κ2) is 7.25. The summed E-state index contributed by atoms with van der Waals surface area (Å²) < 4.78 is 5.36. The Hall–Kier alpha value is -2.50. The Balaban J connectivity index is 1.55. The molecule has 1 aliphatic rings. The third kappa shape index (κ3) is 3.66. The van der Waals surface area contributed by atoms with E-state index in [1.165, 1.54) is 5.56 Å². The molecule has 27 heavy (non-hydrogen) atoms. The first-order chi connectivity index (χ1) is 13.1. The lowest BCUT2D eigenvalue weighted by Gasteiger charge is -2.37. The number of aryl methyl sites for hydroxylation is 1. The van der Waals surface area contributed by atoms with E-state index in [9.17, 15) is 9.90 Å².